The second-order valence-electron chi connectivity index (χ2n) is 7.95. The quantitative estimate of drug-likeness (QED) is 0.654. The molecular formula is C22H24FN3O4S2. The molecule has 2 amide bonds. The monoisotopic (exact) mass is 477 g/mol. The summed E-state index contributed by atoms with van der Waals surface area (Å²) in [5.74, 6) is -1.18. The van der Waals surface area contributed by atoms with Crippen LogP contribution >= 0.6 is 11.8 Å². The molecule has 7 nitrogen and oxygen atoms in total. The van der Waals surface area contributed by atoms with Crippen molar-refractivity contribution in [2.24, 2.45) is 0 Å². The molecule has 4 rings (SSSR count). The lowest BCUT2D eigenvalue weighted by atomic mass is 10.2. The van der Waals surface area contributed by atoms with Gasteiger partial charge in [0.25, 0.3) is 10.0 Å². The molecular weight excluding hydrogens is 453 g/mol. The topological polar surface area (TPSA) is 95.6 Å². The van der Waals surface area contributed by atoms with Gasteiger partial charge in [-0.3, -0.25) is 14.3 Å². The number of fused-ring (bicyclic) bond motifs is 1. The van der Waals surface area contributed by atoms with Gasteiger partial charge in [-0.15, -0.1) is 11.8 Å². The molecule has 2 aliphatic heterocycles. The summed E-state index contributed by atoms with van der Waals surface area (Å²) in [6.07, 6.45) is 4.02. The van der Waals surface area contributed by atoms with E-state index in [-0.39, 0.29) is 16.5 Å². The van der Waals surface area contributed by atoms with Gasteiger partial charge in [-0.25, -0.2) is 12.8 Å². The third-order valence-corrected chi connectivity index (χ3v) is 8.21. The number of amides is 2. The van der Waals surface area contributed by atoms with Gasteiger partial charge < -0.3 is 10.2 Å². The van der Waals surface area contributed by atoms with Crippen LogP contribution in [-0.2, 0) is 19.6 Å². The van der Waals surface area contributed by atoms with Crippen molar-refractivity contribution in [1.82, 2.24) is 4.90 Å². The molecule has 2 aliphatic rings. The Bertz CT molecular complexity index is 1160. The Balaban J connectivity index is 1.53. The smallest absolute Gasteiger partial charge is 0.261 e. The van der Waals surface area contributed by atoms with Gasteiger partial charge in [-0.2, -0.15) is 0 Å². The number of anilines is 2. The number of carbonyl (C=O) groups excluding carboxylic acids is 2. The van der Waals surface area contributed by atoms with E-state index in [4.69, 9.17) is 0 Å². The SMILES string of the molecule is Cc1ccc(NS(=O)(=O)c2ccc3c(c2)NC(=O)[C@@H](C(=O)N2CCCCCC2)S3)cc1F. The highest BCUT2D eigenvalue weighted by Crippen LogP contribution is 2.38. The normalized spacial score (nSPS) is 19.0. The zero-order valence-corrected chi connectivity index (χ0v) is 19.2. The number of benzene rings is 2. The predicted octanol–water partition coefficient (Wildman–Crippen LogP) is 3.75. The molecule has 0 saturated carbocycles. The number of sulfonamides is 1. The first-order valence-corrected chi connectivity index (χ1v) is 12.8. The van der Waals surface area contributed by atoms with Crippen LogP contribution in [0, 0.1) is 12.7 Å². The van der Waals surface area contributed by atoms with Crippen molar-refractivity contribution in [3.63, 3.8) is 0 Å². The maximum atomic E-state index is 13.8. The van der Waals surface area contributed by atoms with Crippen LogP contribution in [0.25, 0.3) is 0 Å². The summed E-state index contributed by atoms with van der Waals surface area (Å²) in [5, 5.41) is 1.79. The first-order valence-electron chi connectivity index (χ1n) is 10.4. The van der Waals surface area contributed by atoms with E-state index in [0.29, 0.717) is 29.2 Å². The molecule has 0 bridgehead atoms. The van der Waals surface area contributed by atoms with Crippen molar-refractivity contribution in [3.8, 4) is 0 Å². The maximum absolute atomic E-state index is 13.8. The zero-order valence-electron chi connectivity index (χ0n) is 17.6. The molecule has 2 aromatic rings. The number of rotatable bonds is 4. The Morgan fingerprint density at radius 2 is 1.84 bits per heavy atom. The highest BCUT2D eigenvalue weighted by Gasteiger charge is 2.36. The fraction of sp³-hybridized carbons (Fsp3) is 0.364. The molecule has 10 heteroatoms. The molecule has 1 fully saturated rings. The number of carbonyl (C=O) groups is 2. The number of halogens is 1. The fourth-order valence-electron chi connectivity index (χ4n) is 3.75. The van der Waals surface area contributed by atoms with E-state index in [1.165, 1.54) is 24.3 Å². The first kappa shape index (κ1) is 22.6. The van der Waals surface area contributed by atoms with Crippen molar-refractivity contribution in [2.45, 2.75) is 47.6 Å². The molecule has 32 heavy (non-hydrogen) atoms. The third kappa shape index (κ3) is 4.75. The molecule has 0 aliphatic carbocycles. The van der Waals surface area contributed by atoms with Crippen molar-refractivity contribution in [3.05, 3.63) is 47.8 Å². The van der Waals surface area contributed by atoms with E-state index in [1.54, 1.807) is 17.9 Å². The predicted molar refractivity (Wildman–Crippen MR) is 122 cm³/mol. The number of hydrogen-bond donors (Lipinski definition) is 2. The van der Waals surface area contributed by atoms with Crippen LogP contribution < -0.4 is 10.0 Å². The summed E-state index contributed by atoms with van der Waals surface area (Å²) >= 11 is 1.13. The van der Waals surface area contributed by atoms with Gasteiger partial charge >= 0.3 is 0 Å². The first-order chi connectivity index (χ1) is 15.2. The highest BCUT2D eigenvalue weighted by molar-refractivity contribution is 8.01. The lowest BCUT2D eigenvalue weighted by Crippen LogP contribution is -2.45. The van der Waals surface area contributed by atoms with Gasteiger partial charge in [0.1, 0.15) is 5.82 Å². The molecule has 2 N–H and O–H groups in total. The largest absolute Gasteiger partial charge is 0.341 e. The number of aryl methyl sites for hydroxylation is 1. The van der Waals surface area contributed by atoms with E-state index in [0.717, 1.165) is 43.5 Å². The molecule has 0 unspecified atom stereocenters. The number of nitrogens with one attached hydrogen (secondary N) is 2. The van der Waals surface area contributed by atoms with Gasteiger partial charge in [0.15, 0.2) is 5.25 Å². The number of nitrogens with zero attached hydrogens (tertiary/aromatic N) is 1. The van der Waals surface area contributed by atoms with Crippen LogP contribution in [0.1, 0.15) is 31.2 Å². The van der Waals surface area contributed by atoms with Crippen LogP contribution in [0.5, 0.6) is 0 Å². The Morgan fingerprint density at radius 1 is 1.12 bits per heavy atom. The van der Waals surface area contributed by atoms with E-state index in [2.05, 4.69) is 10.0 Å². The van der Waals surface area contributed by atoms with Gasteiger partial charge in [-0.1, -0.05) is 18.9 Å². The molecule has 170 valence electrons. The number of hydrogen-bond acceptors (Lipinski definition) is 5. The van der Waals surface area contributed by atoms with Crippen LogP contribution in [0.4, 0.5) is 15.8 Å². The van der Waals surface area contributed by atoms with E-state index >= 15 is 0 Å². The summed E-state index contributed by atoms with van der Waals surface area (Å²) in [5.41, 5.74) is 0.843. The third-order valence-electron chi connectivity index (χ3n) is 5.57. The summed E-state index contributed by atoms with van der Waals surface area (Å²) in [7, 11) is -4.00. The Kier molecular flexibility index (Phi) is 6.43. The van der Waals surface area contributed by atoms with Gasteiger partial charge in [-0.05, 0) is 55.7 Å². The van der Waals surface area contributed by atoms with Crippen molar-refractivity contribution < 1.29 is 22.4 Å². The van der Waals surface area contributed by atoms with Gasteiger partial charge in [0.05, 0.1) is 16.3 Å². The van der Waals surface area contributed by atoms with Crippen LogP contribution in [0.3, 0.4) is 0 Å². The second kappa shape index (κ2) is 9.11. The average molecular weight is 478 g/mol. The zero-order chi connectivity index (χ0) is 22.9. The average Bonchev–Trinajstić information content (AvgIpc) is 3.04. The minimum Gasteiger partial charge on any atom is -0.341 e. The lowest BCUT2D eigenvalue weighted by Gasteiger charge is -2.28. The van der Waals surface area contributed by atoms with E-state index < -0.39 is 27.0 Å². The Morgan fingerprint density at radius 3 is 2.53 bits per heavy atom. The standard InChI is InChI=1S/C22H24FN3O4S2/c1-14-6-7-15(12-17(14)23)25-32(29,30)16-8-9-19-18(13-16)24-21(27)20(31-19)22(28)26-10-4-2-3-5-11-26/h6-9,12-13,20,25H,2-5,10-11H2,1H3,(H,24,27)/t20-/m0/s1. The van der Waals surface area contributed by atoms with E-state index in [9.17, 15) is 22.4 Å². The van der Waals surface area contributed by atoms with Crippen molar-refractivity contribution in [2.75, 3.05) is 23.1 Å². The van der Waals surface area contributed by atoms with Gasteiger partial charge in [0.2, 0.25) is 11.8 Å². The molecule has 2 aromatic carbocycles. The molecule has 0 aromatic heterocycles. The second-order valence-corrected chi connectivity index (χ2v) is 10.8. The van der Waals surface area contributed by atoms with Crippen LogP contribution in [-0.4, -0.2) is 43.5 Å². The summed E-state index contributed by atoms with van der Waals surface area (Å²) in [6, 6.07) is 8.40. The minimum absolute atomic E-state index is 0.0737. The molecule has 1 saturated heterocycles. The Hall–Kier alpha value is -2.59. The molecule has 0 radical (unpaired) electrons. The molecule has 0 spiro atoms. The van der Waals surface area contributed by atoms with Crippen LogP contribution in [0.2, 0.25) is 0 Å². The number of likely N-dealkylation sites (tertiary alicyclic amines) is 1. The summed E-state index contributed by atoms with van der Waals surface area (Å²) in [4.78, 5) is 27.9. The van der Waals surface area contributed by atoms with Crippen LogP contribution in [0.15, 0.2) is 46.2 Å². The molecule has 2 heterocycles. The summed E-state index contributed by atoms with van der Waals surface area (Å²) < 4.78 is 41.6. The minimum atomic E-state index is -4.00. The van der Waals surface area contributed by atoms with E-state index in [1.807, 2.05) is 0 Å². The van der Waals surface area contributed by atoms with Crippen molar-refractivity contribution in [1.29, 1.82) is 0 Å². The van der Waals surface area contributed by atoms with Gasteiger partial charge in [0, 0.05) is 18.0 Å². The Labute approximate surface area is 190 Å². The van der Waals surface area contributed by atoms with Crippen molar-refractivity contribution >= 4 is 45.0 Å². The highest BCUT2D eigenvalue weighted by atomic mass is 32.2. The maximum Gasteiger partial charge on any atom is 0.261 e. The fourth-order valence-corrected chi connectivity index (χ4v) is 5.87. The number of thioether (sulfide) groups is 1. The summed E-state index contributed by atoms with van der Waals surface area (Å²) in [6.45, 7) is 2.89. The lowest BCUT2D eigenvalue weighted by molar-refractivity contribution is -0.133. The molecule has 1 atom stereocenters.